The molecule has 2 amide bonds. The number of carboxylic acid groups (broad SMARTS) is 1. The van der Waals surface area contributed by atoms with Gasteiger partial charge in [-0.25, -0.2) is 14.6 Å². The Morgan fingerprint density at radius 1 is 1.50 bits per heavy atom. The van der Waals surface area contributed by atoms with Crippen LogP contribution in [0.4, 0.5) is 4.79 Å². The van der Waals surface area contributed by atoms with E-state index in [-0.39, 0.29) is 11.7 Å². The van der Waals surface area contributed by atoms with Gasteiger partial charge in [-0.2, -0.15) is 0 Å². The van der Waals surface area contributed by atoms with Gasteiger partial charge in [-0.05, 0) is 24.7 Å². The Balaban J connectivity index is 1.61. The van der Waals surface area contributed by atoms with Crippen LogP contribution < -0.4 is 10.6 Å². The van der Waals surface area contributed by atoms with Gasteiger partial charge in [-0.1, -0.05) is 6.92 Å². The van der Waals surface area contributed by atoms with E-state index in [2.05, 4.69) is 22.5 Å². The van der Waals surface area contributed by atoms with Crippen molar-refractivity contribution in [1.29, 1.82) is 0 Å². The van der Waals surface area contributed by atoms with Crippen LogP contribution in [0.5, 0.6) is 0 Å². The van der Waals surface area contributed by atoms with Crippen molar-refractivity contribution in [3.63, 3.8) is 0 Å². The summed E-state index contributed by atoms with van der Waals surface area (Å²) in [6.07, 6.45) is 5.43. The van der Waals surface area contributed by atoms with E-state index in [9.17, 15) is 9.59 Å². The van der Waals surface area contributed by atoms with Crippen LogP contribution in [0.1, 0.15) is 30.3 Å². The molecule has 7 heteroatoms. The Labute approximate surface area is 117 Å². The van der Waals surface area contributed by atoms with E-state index >= 15 is 0 Å². The van der Waals surface area contributed by atoms with Crippen LogP contribution in [0.3, 0.4) is 0 Å². The number of nitrogens with zero attached hydrogens (tertiary/aromatic N) is 2. The number of aromatic carboxylic acids is 1. The number of hydrogen-bond donors (Lipinski definition) is 3. The van der Waals surface area contributed by atoms with Crippen LogP contribution >= 0.6 is 0 Å². The summed E-state index contributed by atoms with van der Waals surface area (Å²) in [5.74, 6) is 0.256. The number of nitrogens with one attached hydrogen (secondary N) is 2. The van der Waals surface area contributed by atoms with E-state index in [0.717, 1.165) is 5.92 Å². The molecule has 0 saturated heterocycles. The Hall–Kier alpha value is -2.05. The summed E-state index contributed by atoms with van der Waals surface area (Å²) in [6.45, 7) is 3.77. The lowest BCUT2D eigenvalue weighted by Crippen LogP contribution is -2.39. The summed E-state index contributed by atoms with van der Waals surface area (Å²) in [7, 11) is 0. The number of amides is 2. The molecule has 1 aliphatic rings. The van der Waals surface area contributed by atoms with Crippen molar-refractivity contribution < 1.29 is 14.7 Å². The third kappa shape index (κ3) is 4.25. The molecular formula is C13H20N4O3. The molecule has 1 aromatic rings. The van der Waals surface area contributed by atoms with E-state index < -0.39 is 5.97 Å². The zero-order valence-electron chi connectivity index (χ0n) is 11.5. The molecule has 3 N–H and O–H groups in total. The summed E-state index contributed by atoms with van der Waals surface area (Å²) in [4.78, 5) is 25.9. The third-order valence-electron chi connectivity index (χ3n) is 3.52. The van der Waals surface area contributed by atoms with Gasteiger partial charge in [-0.15, -0.1) is 0 Å². The molecule has 2 rings (SSSR count). The number of carboxylic acids is 1. The van der Waals surface area contributed by atoms with Crippen molar-refractivity contribution in [2.24, 2.45) is 11.8 Å². The molecule has 0 bridgehead atoms. The van der Waals surface area contributed by atoms with Crippen molar-refractivity contribution in [3.8, 4) is 0 Å². The average Bonchev–Trinajstić information content (AvgIpc) is 3.15. The lowest BCUT2D eigenvalue weighted by Gasteiger charge is -2.12. The van der Waals surface area contributed by atoms with Gasteiger partial charge in [-0.3, -0.25) is 0 Å². The molecule has 0 aromatic carbocycles. The van der Waals surface area contributed by atoms with Gasteiger partial charge in [0.2, 0.25) is 0 Å². The average molecular weight is 280 g/mol. The molecule has 7 nitrogen and oxygen atoms in total. The number of aromatic nitrogens is 2. The van der Waals surface area contributed by atoms with Crippen molar-refractivity contribution >= 4 is 12.0 Å². The molecular weight excluding hydrogens is 260 g/mol. The van der Waals surface area contributed by atoms with Gasteiger partial charge < -0.3 is 20.3 Å². The van der Waals surface area contributed by atoms with Crippen LogP contribution in [0, 0.1) is 11.8 Å². The number of carbonyl (C=O) groups is 2. The number of imidazole rings is 1. The van der Waals surface area contributed by atoms with E-state index in [1.165, 1.54) is 25.4 Å². The van der Waals surface area contributed by atoms with Crippen molar-refractivity contribution in [1.82, 2.24) is 20.2 Å². The molecule has 1 heterocycles. The molecule has 0 spiro atoms. The number of rotatable bonds is 7. The topological polar surface area (TPSA) is 96.3 Å². The summed E-state index contributed by atoms with van der Waals surface area (Å²) < 4.78 is 1.64. The Morgan fingerprint density at radius 3 is 2.85 bits per heavy atom. The van der Waals surface area contributed by atoms with Gasteiger partial charge in [0.15, 0.2) is 5.69 Å². The minimum absolute atomic E-state index is 0.00714. The van der Waals surface area contributed by atoms with Gasteiger partial charge in [0.05, 0.1) is 6.33 Å². The molecule has 1 fully saturated rings. The predicted octanol–water partition coefficient (Wildman–Crippen LogP) is 0.927. The zero-order valence-corrected chi connectivity index (χ0v) is 11.5. The summed E-state index contributed by atoms with van der Waals surface area (Å²) in [5, 5.41) is 14.3. The maximum absolute atomic E-state index is 11.6. The minimum Gasteiger partial charge on any atom is -0.476 e. The highest BCUT2D eigenvalue weighted by Gasteiger charge is 2.27. The SMILES string of the molecule is CC(CNC(=O)NCCn1cnc(C(=O)O)c1)C1CC1. The molecule has 1 saturated carbocycles. The number of urea groups is 1. The van der Waals surface area contributed by atoms with Gasteiger partial charge in [0.25, 0.3) is 0 Å². The third-order valence-corrected chi connectivity index (χ3v) is 3.52. The second kappa shape index (κ2) is 6.40. The van der Waals surface area contributed by atoms with Gasteiger partial charge in [0, 0.05) is 25.8 Å². The normalized spacial score (nSPS) is 15.7. The van der Waals surface area contributed by atoms with Crippen LogP contribution in [0.25, 0.3) is 0 Å². The second-order valence-corrected chi connectivity index (χ2v) is 5.25. The van der Waals surface area contributed by atoms with Crippen LogP contribution in [0.2, 0.25) is 0 Å². The first-order chi connectivity index (χ1) is 9.56. The van der Waals surface area contributed by atoms with Crippen molar-refractivity contribution in [2.75, 3.05) is 13.1 Å². The van der Waals surface area contributed by atoms with Crippen molar-refractivity contribution in [2.45, 2.75) is 26.3 Å². The predicted molar refractivity (Wildman–Crippen MR) is 72.5 cm³/mol. The summed E-state index contributed by atoms with van der Waals surface area (Å²) in [5.41, 5.74) is 0.00714. The maximum atomic E-state index is 11.6. The largest absolute Gasteiger partial charge is 0.476 e. The molecule has 0 aliphatic heterocycles. The highest BCUT2D eigenvalue weighted by Crippen LogP contribution is 2.35. The molecule has 1 atom stereocenters. The van der Waals surface area contributed by atoms with E-state index in [1.54, 1.807) is 4.57 Å². The van der Waals surface area contributed by atoms with E-state index in [4.69, 9.17) is 5.11 Å². The molecule has 110 valence electrons. The Morgan fingerprint density at radius 2 is 2.25 bits per heavy atom. The van der Waals surface area contributed by atoms with Crippen molar-refractivity contribution in [3.05, 3.63) is 18.2 Å². The summed E-state index contributed by atoms with van der Waals surface area (Å²) in [6, 6.07) is -0.184. The first-order valence-electron chi connectivity index (χ1n) is 6.83. The number of hydrogen-bond acceptors (Lipinski definition) is 3. The molecule has 1 aromatic heterocycles. The molecule has 1 aliphatic carbocycles. The number of carbonyl (C=O) groups excluding carboxylic acids is 1. The second-order valence-electron chi connectivity index (χ2n) is 5.25. The monoisotopic (exact) mass is 280 g/mol. The van der Waals surface area contributed by atoms with E-state index in [0.29, 0.717) is 25.6 Å². The first-order valence-corrected chi connectivity index (χ1v) is 6.83. The molecule has 1 unspecified atom stereocenters. The fourth-order valence-corrected chi connectivity index (χ4v) is 2.04. The Bertz CT molecular complexity index is 482. The fraction of sp³-hybridized carbons (Fsp3) is 0.615. The summed E-state index contributed by atoms with van der Waals surface area (Å²) >= 11 is 0. The molecule has 0 radical (unpaired) electrons. The zero-order chi connectivity index (χ0) is 14.5. The van der Waals surface area contributed by atoms with Crippen LogP contribution in [-0.4, -0.2) is 39.7 Å². The highest BCUT2D eigenvalue weighted by molar-refractivity contribution is 5.84. The fourth-order valence-electron chi connectivity index (χ4n) is 2.04. The van der Waals surface area contributed by atoms with Gasteiger partial charge in [0.1, 0.15) is 0 Å². The lowest BCUT2D eigenvalue weighted by molar-refractivity contribution is 0.0691. The van der Waals surface area contributed by atoms with E-state index in [1.807, 2.05) is 0 Å². The maximum Gasteiger partial charge on any atom is 0.356 e. The smallest absolute Gasteiger partial charge is 0.356 e. The van der Waals surface area contributed by atoms with Gasteiger partial charge >= 0.3 is 12.0 Å². The highest BCUT2D eigenvalue weighted by atomic mass is 16.4. The minimum atomic E-state index is -1.05. The molecule has 20 heavy (non-hydrogen) atoms. The quantitative estimate of drug-likeness (QED) is 0.692. The van der Waals surface area contributed by atoms with Crippen LogP contribution in [-0.2, 0) is 6.54 Å². The first kappa shape index (κ1) is 14.4. The standard InChI is InChI=1S/C13H20N4O3/c1-9(10-2-3-10)6-15-13(20)14-4-5-17-7-11(12(18)19)16-8-17/h7-10H,2-6H2,1H3,(H,18,19)(H2,14,15,20). The Kier molecular flexibility index (Phi) is 4.60. The lowest BCUT2D eigenvalue weighted by atomic mass is 10.1. The van der Waals surface area contributed by atoms with Crippen LogP contribution in [0.15, 0.2) is 12.5 Å².